The summed E-state index contributed by atoms with van der Waals surface area (Å²) in [5.74, 6) is 0. The van der Waals surface area contributed by atoms with Crippen LogP contribution in [0.5, 0.6) is 0 Å². The Balaban J connectivity index is 1.06. The van der Waals surface area contributed by atoms with Crippen molar-refractivity contribution in [2.24, 2.45) is 24.1 Å². The third-order valence-corrected chi connectivity index (χ3v) is 7.00. The predicted molar refractivity (Wildman–Crippen MR) is 158 cm³/mol. The molecule has 4 aromatic rings. The van der Waals surface area contributed by atoms with E-state index in [1.165, 1.54) is 22.3 Å². The van der Waals surface area contributed by atoms with Crippen LogP contribution in [-0.4, -0.2) is 24.5 Å². The van der Waals surface area contributed by atoms with E-state index in [-0.39, 0.29) is 0 Å². The summed E-state index contributed by atoms with van der Waals surface area (Å²) in [6, 6.07) is 17.0. The average molecular weight is 525 g/mol. The maximum Gasteiger partial charge on any atom is 0.179 e. The normalized spacial score (nSPS) is 16.8. The van der Waals surface area contributed by atoms with Gasteiger partial charge in [-0.15, -0.1) is 0 Å². The number of allylic oxidation sites excluding steroid dienone is 2. The number of aryl methyl sites for hydroxylation is 2. The summed E-state index contributed by atoms with van der Waals surface area (Å²) in [4.78, 5) is 9.59. The van der Waals surface area contributed by atoms with Gasteiger partial charge in [0.1, 0.15) is 14.1 Å². The lowest BCUT2D eigenvalue weighted by molar-refractivity contribution is -0.671. The molecule has 6 heteroatoms. The summed E-state index contributed by atoms with van der Waals surface area (Å²) in [6.45, 7) is 1.26. The first kappa shape index (κ1) is 25.2. The second-order valence-corrected chi connectivity index (χ2v) is 10.1. The Morgan fingerprint density at radius 1 is 0.475 bits per heavy atom. The minimum Gasteiger partial charge on any atom is -0.278 e. The van der Waals surface area contributed by atoms with Gasteiger partial charge in [-0.1, -0.05) is 0 Å². The van der Waals surface area contributed by atoms with E-state index in [0.717, 1.165) is 22.6 Å². The van der Waals surface area contributed by atoms with Crippen LogP contribution in [-0.2, 0) is 14.1 Å². The lowest BCUT2D eigenvalue weighted by Gasteiger charge is -2.11. The summed E-state index contributed by atoms with van der Waals surface area (Å²) < 4.78 is 8.23. The van der Waals surface area contributed by atoms with E-state index >= 15 is 0 Å². The first-order valence-corrected chi connectivity index (χ1v) is 13.4. The smallest absolute Gasteiger partial charge is 0.179 e. The van der Waals surface area contributed by atoms with Crippen molar-refractivity contribution in [1.29, 1.82) is 0 Å². The van der Waals surface area contributed by atoms with Crippen LogP contribution in [0.2, 0.25) is 0 Å². The van der Waals surface area contributed by atoms with Crippen molar-refractivity contribution in [2.45, 2.75) is 0 Å². The van der Waals surface area contributed by atoms with Gasteiger partial charge in [-0.3, -0.25) is 9.98 Å². The fraction of sp³-hybridized carbons (Fsp3) is 0.118. The van der Waals surface area contributed by atoms with E-state index in [1.807, 2.05) is 23.2 Å². The number of dihydropyridines is 2. The van der Waals surface area contributed by atoms with Crippen molar-refractivity contribution in [2.75, 3.05) is 13.1 Å². The first-order chi connectivity index (χ1) is 19.6. The third-order valence-electron chi connectivity index (χ3n) is 7.00. The Labute approximate surface area is 234 Å². The summed E-state index contributed by atoms with van der Waals surface area (Å²) in [6.07, 6.45) is 29.2. The van der Waals surface area contributed by atoms with Gasteiger partial charge in [0, 0.05) is 59.7 Å². The van der Waals surface area contributed by atoms with E-state index in [0.29, 0.717) is 13.1 Å². The Morgan fingerprint density at radius 3 is 1.10 bits per heavy atom. The minimum atomic E-state index is 0.632. The number of hydrogen-bond acceptors (Lipinski definition) is 2. The summed E-state index contributed by atoms with van der Waals surface area (Å²) >= 11 is 0. The van der Waals surface area contributed by atoms with Gasteiger partial charge >= 0.3 is 0 Å². The van der Waals surface area contributed by atoms with E-state index in [4.69, 9.17) is 9.98 Å². The van der Waals surface area contributed by atoms with Gasteiger partial charge in [0.05, 0.1) is 24.5 Å². The Hall–Kier alpha value is -5.10. The van der Waals surface area contributed by atoms with Crippen molar-refractivity contribution in [1.82, 2.24) is 0 Å². The third kappa shape index (κ3) is 5.97. The molecule has 0 bridgehead atoms. The molecule has 0 amide bonds. The van der Waals surface area contributed by atoms with Crippen molar-refractivity contribution in [3.8, 4) is 22.3 Å². The molecular weight excluding hydrogens is 492 g/mol. The number of aromatic nitrogens is 4. The number of nitrogens with zero attached hydrogens (tertiary/aromatic N) is 6. The van der Waals surface area contributed by atoms with Crippen LogP contribution in [0.25, 0.3) is 34.7 Å². The van der Waals surface area contributed by atoms with Gasteiger partial charge < -0.3 is 0 Å². The lowest BCUT2D eigenvalue weighted by Crippen LogP contribution is -2.27. The molecule has 0 aromatic carbocycles. The molecule has 0 aliphatic carbocycles. The zero-order valence-corrected chi connectivity index (χ0v) is 22.8. The molecule has 0 N–H and O–H groups in total. The lowest BCUT2D eigenvalue weighted by atomic mass is 10.1. The molecule has 194 valence electrons. The molecule has 6 rings (SSSR count). The number of aliphatic imine (C=N–C) groups is 2. The van der Waals surface area contributed by atoms with Crippen molar-refractivity contribution in [3.05, 3.63) is 134 Å². The van der Waals surface area contributed by atoms with Crippen molar-refractivity contribution >= 4 is 23.8 Å². The van der Waals surface area contributed by atoms with Crippen LogP contribution in [0.3, 0.4) is 0 Å². The van der Waals surface area contributed by atoms with Crippen molar-refractivity contribution in [3.63, 3.8) is 0 Å². The fourth-order valence-corrected chi connectivity index (χ4v) is 4.64. The van der Waals surface area contributed by atoms with E-state index in [1.54, 1.807) is 0 Å². The van der Waals surface area contributed by atoms with Crippen LogP contribution in [0.1, 0.15) is 0 Å². The summed E-state index contributed by atoms with van der Waals surface area (Å²) in [5.41, 5.74) is 8.97. The van der Waals surface area contributed by atoms with Crippen LogP contribution >= 0.6 is 0 Å². The Morgan fingerprint density at radius 2 is 0.800 bits per heavy atom. The Kier molecular flexibility index (Phi) is 7.14. The van der Waals surface area contributed by atoms with Crippen molar-refractivity contribution < 1.29 is 18.3 Å². The van der Waals surface area contributed by atoms with Gasteiger partial charge in [0.25, 0.3) is 0 Å². The highest BCUT2D eigenvalue weighted by atomic mass is 14.9. The maximum absolute atomic E-state index is 4.79. The predicted octanol–water partition coefficient (Wildman–Crippen LogP) is 3.65. The highest BCUT2D eigenvalue weighted by Crippen LogP contribution is 2.17. The maximum atomic E-state index is 4.79. The van der Waals surface area contributed by atoms with E-state index in [9.17, 15) is 0 Å². The Bertz CT molecular complexity index is 1570. The highest BCUT2D eigenvalue weighted by molar-refractivity contribution is 6.50. The van der Waals surface area contributed by atoms with Gasteiger partial charge in [0.2, 0.25) is 0 Å². The molecule has 0 saturated carbocycles. The van der Waals surface area contributed by atoms with E-state index < -0.39 is 0 Å². The second-order valence-electron chi connectivity index (χ2n) is 10.1. The molecule has 6 heterocycles. The monoisotopic (exact) mass is 524 g/mol. The number of hydrogen-bond donors (Lipinski definition) is 0. The van der Waals surface area contributed by atoms with Crippen LogP contribution in [0.4, 0.5) is 0 Å². The van der Waals surface area contributed by atoms with Gasteiger partial charge in [-0.25, -0.2) is 9.13 Å². The zero-order chi connectivity index (χ0) is 27.3. The topological polar surface area (TPSA) is 40.2 Å². The summed E-state index contributed by atoms with van der Waals surface area (Å²) in [5, 5.41) is 0. The standard InChI is InChI=1S/C34H32N6/c1-37-15-7-29(8-16-37)31-11-19-39(20-12-31)25-27-3-5-33(35-23-27)34-6-4-28(24-36-34)26-40-21-13-32(14-22-40)30-9-17-38(2)18-10-30/h3-22,25-26H,23-24H2,1-2H3/q+4. The zero-order valence-electron chi connectivity index (χ0n) is 22.8. The SMILES string of the molecule is C[n+]1ccc(-c2cc[n+](C=C3C=CC(C4=NCC(=C[n+]5ccc(-c6cc[n+](C)cc6)cc5)C=C4)=NC3)cc2)cc1. The molecule has 4 aromatic heterocycles. The molecule has 2 aliphatic heterocycles. The molecule has 2 aliphatic rings. The van der Waals surface area contributed by atoms with Crippen LogP contribution in [0.15, 0.2) is 144 Å². The average Bonchev–Trinajstić information content (AvgIpc) is 3.00. The van der Waals surface area contributed by atoms with Gasteiger partial charge in [-0.2, -0.15) is 9.13 Å². The molecule has 40 heavy (non-hydrogen) atoms. The van der Waals surface area contributed by atoms with Crippen LogP contribution < -0.4 is 18.3 Å². The molecule has 0 radical (unpaired) electrons. The molecule has 0 unspecified atom stereocenters. The van der Waals surface area contributed by atoms with Gasteiger partial charge in [-0.05, 0) is 46.6 Å². The number of rotatable bonds is 5. The highest BCUT2D eigenvalue weighted by Gasteiger charge is 2.13. The quantitative estimate of drug-likeness (QED) is 0.358. The summed E-state index contributed by atoms with van der Waals surface area (Å²) in [7, 11) is 4.05. The van der Waals surface area contributed by atoms with E-state index in [2.05, 4.69) is 144 Å². The molecule has 0 saturated heterocycles. The van der Waals surface area contributed by atoms with Gasteiger partial charge in [0.15, 0.2) is 62.0 Å². The molecule has 0 spiro atoms. The molecule has 6 nitrogen and oxygen atoms in total. The first-order valence-electron chi connectivity index (χ1n) is 13.4. The minimum absolute atomic E-state index is 0.632. The largest absolute Gasteiger partial charge is 0.278 e. The second kappa shape index (κ2) is 11.3. The molecule has 0 fully saturated rings. The fourth-order valence-electron chi connectivity index (χ4n) is 4.64. The molecule has 0 atom stereocenters. The number of pyridine rings is 4. The van der Waals surface area contributed by atoms with Crippen LogP contribution in [0, 0.1) is 0 Å². The molecular formula is C34H32N6+4.